The minimum atomic E-state index is -0.0443. The number of hydrogen-bond acceptors (Lipinski definition) is 1. The Kier molecular flexibility index (Phi) is 4.77. The summed E-state index contributed by atoms with van der Waals surface area (Å²) in [5.74, 6) is 0.233. The van der Waals surface area contributed by atoms with E-state index in [1.54, 1.807) is 6.07 Å². The highest BCUT2D eigenvalue weighted by Gasteiger charge is 2.35. The molecule has 0 amide bonds. The number of benzene rings is 2. The van der Waals surface area contributed by atoms with Gasteiger partial charge in [0.05, 0.1) is 0 Å². The molecule has 2 aromatic carbocycles. The number of aryl methyl sites for hydroxylation is 1. The molecule has 1 nitrogen and oxygen atoms in total. The van der Waals surface area contributed by atoms with Crippen LogP contribution < -0.4 is 0 Å². The number of ketones is 1. The smallest absolute Gasteiger partial charge is 0.164 e. The first-order valence-electron chi connectivity index (χ1n) is 8.72. The maximum absolute atomic E-state index is 11.5. The highest BCUT2D eigenvalue weighted by Crippen LogP contribution is 2.40. The van der Waals surface area contributed by atoms with Crippen LogP contribution in [0.2, 0.25) is 10.0 Å². The van der Waals surface area contributed by atoms with E-state index in [0.29, 0.717) is 16.9 Å². The summed E-state index contributed by atoms with van der Waals surface area (Å²) in [6.45, 7) is 8.73. The zero-order valence-corrected chi connectivity index (χ0v) is 16.8. The second kappa shape index (κ2) is 6.45. The zero-order valence-electron chi connectivity index (χ0n) is 15.2. The Morgan fingerprint density at radius 3 is 2.12 bits per heavy atom. The zero-order chi connectivity index (χ0) is 18.4. The molecule has 2 aromatic rings. The lowest BCUT2D eigenvalue weighted by Crippen LogP contribution is -2.12. The molecule has 3 heteroatoms. The number of carbonyl (C=O) groups is 1. The first kappa shape index (κ1) is 18.5. The summed E-state index contributed by atoms with van der Waals surface area (Å²) in [5.41, 5.74) is 5.14. The highest BCUT2D eigenvalue weighted by atomic mass is 35.5. The fourth-order valence-electron chi connectivity index (χ4n) is 3.89. The molecule has 25 heavy (non-hydrogen) atoms. The summed E-state index contributed by atoms with van der Waals surface area (Å²) in [5, 5.41) is 1.57. The van der Waals surface area contributed by atoms with E-state index in [-0.39, 0.29) is 11.2 Å². The Labute approximate surface area is 160 Å². The van der Waals surface area contributed by atoms with Crippen molar-refractivity contribution in [1.29, 1.82) is 0 Å². The number of hydrogen-bond donors (Lipinski definition) is 0. The molecule has 0 bridgehead atoms. The van der Waals surface area contributed by atoms with Gasteiger partial charge < -0.3 is 0 Å². The van der Waals surface area contributed by atoms with Crippen LogP contribution in [0.4, 0.5) is 0 Å². The topological polar surface area (TPSA) is 17.1 Å². The van der Waals surface area contributed by atoms with Gasteiger partial charge in [-0.2, -0.15) is 0 Å². The van der Waals surface area contributed by atoms with Crippen molar-refractivity contribution >= 4 is 29.0 Å². The minimum absolute atomic E-state index is 0.0443. The van der Waals surface area contributed by atoms with Crippen LogP contribution in [-0.2, 0) is 17.3 Å². The van der Waals surface area contributed by atoms with E-state index < -0.39 is 0 Å². The number of carbonyl (C=O) groups excluding carboxylic acids is 1. The van der Waals surface area contributed by atoms with Crippen molar-refractivity contribution in [3.8, 4) is 0 Å². The van der Waals surface area contributed by atoms with Gasteiger partial charge in [-0.25, -0.2) is 0 Å². The van der Waals surface area contributed by atoms with Crippen molar-refractivity contribution in [2.45, 2.75) is 57.8 Å². The summed E-state index contributed by atoms with van der Waals surface area (Å²) in [6, 6.07) is 11.8. The van der Waals surface area contributed by atoms with Gasteiger partial charge >= 0.3 is 0 Å². The van der Waals surface area contributed by atoms with Gasteiger partial charge in [0, 0.05) is 22.0 Å². The molecule has 0 N–H and O–H groups in total. The van der Waals surface area contributed by atoms with Crippen LogP contribution in [0.5, 0.6) is 0 Å². The third-order valence-corrected chi connectivity index (χ3v) is 5.90. The summed E-state index contributed by atoms with van der Waals surface area (Å²) < 4.78 is 0. The number of fused-ring (bicyclic) bond motifs is 2. The van der Waals surface area contributed by atoms with Crippen molar-refractivity contribution < 1.29 is 4.79 Å². The third-order valence-electron chi connectivity index (χ3n) is 5.43. The molecular formula is C22H24Cl2O. The predicted octanol–water partition coefficient (Wildman–Crippen LogP) is 6.77. The van der Waals surface area contributed by atoms with E-state index in [9.17, 15) is 4.79 Å². The van der Waals surface area contributed by atoms with E-state index in [2.05, 4.69) is 39.8 Å². The number of rotatable bonds is 0. The van der Waals surface area contributed by atoms with Crippen LogP contribution in [0, 0.1) is 0 Å². The Hall–Kier alpha value is -1.31. The van der Waals surface area contributed by atoms with Crippen LogP contribution in [0.1, 0.15) is 67.6 Å². The molecule has 4 rings (SSSR count). The van der Waals surface area contributed by atoms with E-state index >= 15 is 0 Å². The summed E-state index contributed by atoms with van der Waals surface area (Å²) >= 11 is 11.8. The van der Waals surface area contributed by atoms with Gasteiger partial charge in [-0.1, -0.05) is 57.0 Å². The first-order valence-corrected chi connectivity index (χ1v) is 9.48. The molecule has 0 radical (unpaired) electrons. The van der Waals surface area contributed by atoms with Gasteiger partial charge in [-0.15, -0.1) is 0 Å². The van der Waals surface area contributed by atoms with E-state index in [0.717, 1.165) is 16.1 Å². The second-order valence-corrected chi connectivity index (χ2v) is 9.23. The van der Waals surface area contributed by atoms with Crippen molar-refractivity contribution in [2.24, 2.45) is 0 Å². The predicted molar refractivity (Wildman–Crippen MR) is 106 cm³/mol. The molecular weight excluding hydrogens is 351 g/mol. The number of halogens is 2. The third kappa shape index (κ3) is 3.64. The monoisotopic (exact) mass is 374 g/mol. The molecule has 0 spiro atoms. The van der Waals surface area contributed by atoms with Gasteiger partial charge in [0.25, 0.3) is 0 Å². The Bertz CT molecular complexity index is 834. The molecule has 0 aliphatic heterocycles. The lowest BCUT2D eigenvalue weighted by atomic mass is 9.87. The maximum Gasteiger partial charge on any atom is 0.164 e. The van der Waals surface area contributed by atoms with Crippen LogP contribution in [0.25, 0.3) is 0 Å². The summed E-state index contributed by atoms with van der Waals surface area (Å²) in [4.78, 5) is 11.5. The maximum atomic E-state index is 11.5. The normalized spacial score (nSPS) is 19.0. The quantitative estimate of drug-likeness (QED) is 0.497. The van der Waals surface area contributed by atoms with Crippen LogP contribution in [-0.4, -0.2) is 5.78 Å². The Balaban J connectivity index is 0.000000146. The molecule has 0 saturated carbocycles. The molecule has 0 aromatic heterocycles. The van der Waals surface area contributed by atoms with E-state index in [1.807, 2.05) is 18.2 Å². The summed E-state index contributed by atoms with van der Waals surface area (Å²) in [7, 11) is 0. The molecule has 132 valence electrons. The second-order valence-electron chi connectivity index (χ2n) is 8.36. The Morgan fingerprint density at radius 1 is 0.840 bits per heavy atom. The van der Waals surface area contributed by atoms with Gasteiger partial charge in [-0.05, 0) is 70.7 Å². The first-order chi connectivity index (χ1) is 11.6. The minimum Gasteiger partial charge on any atom is -0.294 e. The lowest BCUT2D eigenvalue weighted by Gasteiger charge is -2.18. The SMILES string of the molecule is CC1(C)CC(=O)c2ccc(Cl)cc21.CC1(C)CCc2ccc(Cl)cc21. The molecule has 2 aliphatic rings. The standard InChI is InChI=1S/C11H11ClO.C11H13Cl/c1-11(2)6-10(13)8-4-3-7(12)5-9(8)11;1-11(2)6-5-8-3-4-9(12)7-10(8)11/h3-5H,6H2,1-2H3;3-4,7H,5-6H2,1-2H3. The van der Waals surface area contributed by atoms with Crippen molar-refractivity contribution in [3.63, 3.8) is 0 Å². The average molecular weight is 375 g/mol. The van der Waals surface area contributed by atoms with E-state index in [1.165, 1.54) is 24.0 Å². The molecule has 0 atom stereocenters. The van der Waals surface area contributed by atoms with Crippen molar-refractivity contribution in [2.75, 3.05) is 0 Å². The molecule has 0 unspecified atom stereocenters. The van der Waals surface area contributed by atoms with E-state index in [4.69, 9.17) is 23.2 Å². The van der Waals surface area contributed by atoms with Gasteiger partial charge in [0.2, 0.25) is 0 Å². The van der Waals surface area contributed by atoms with Gasteiger partial charge in [-0.3, -0.25) is 4.79 Å². The van der Waals surface area contributed by atoms with Crippen LogP contribution in [0.3, 0.4) is 0 Å². The van der Waals surface area contributed by atoms with Gasteiger partial charge in [0.1, 0.15) is 0 Å². The van der Waals surface area contributed by atoms with Crippen molar-refractivity contribution in [1.82, 2.24) is 0 Å². The van der Waals surface area contributed by atoms with Crippen LogP contribution >= 0.6 is 23.2 Å². The number of Topliss-reactive ketones (excluding diaryl/α,β-unsaturated/α-hetero) is 1. The fourth-order valence-corrected chi connectivity index (χ4v) is 4.23. The molecule has 0 heterocycles. The molecule has 0 saturated heterocycles. The lowest BCUT2D eigenvalue weighted by molar-refractivity contribution is 0.0979. The Morgan fingerprint density at radius 2 is 1.44 bits per heavy atom. The fraction of sp³-hybridized carbons (Fsp3) is 0.409. The van der Waals surface area contributed by atoms with Gasteiger partial charge in [0.15, 0.2) is 5.78 Å². The van der Waals surface area contributed by atoms with Crippen molar-refractivity contribution in [3.05, 3.63) is 68.7 Å². The summed E-state index contributed by atoms with van der Waals surface area (Å²) in [6.07, 6.45) is 3.06. The van der Waals surface area contributed by atoms with Crippen LogP contribution in [0.15, 0.2) is 36.4 Å². The largest absolute Gasteiger partial charge is 0.294 e. The molecule has 2 aliphatic carbocycles. The highest BCUT2D eigenvalue weighted by molar-refractivity contribution is 6.31. The molecule has 0 fully saturated rings. The average Bonchev–Trinajstić information content (AvgIpc) is 2.94.